The summed E-state index contributed by atoms with van der Waals surface area (Å²) in [6.07, 6.45) is -0.0612. The number of ether oxygens (including phenoxy) is 1. The maximum Gasteiger partial charge on any atom is 0.332 e. The molecule has 1 aromatic carbocycles. The van der Waals surface area contributed by atoms with Gasteiger partial charge in [0.1, 0.15) is 0 Å². The molecule has 22 heavy (non-hydrogen) atoms. The molecule has 2 rings (SSSR count). The summed E-state index contributed by atoms with van der Waals surface area (Å²) in [6, 6.07) is 6.48. The van der Waals surface area contributed by atoms with Crippen LogP contribution in [0.4, 0.5) is 0 Å². The van der Waals surface area contributed by atoms with Crippen molar-refractivity contribution in [2.24, 2.45) is 11.8 Å². The van der Waals surface area contributed by atoms with Crippen LogP contribution in [0.15, 0.2) is 29.2 Å². The van der Waals surface area contributed by atoms with Gasteiger partial charge in [-0.25, -0.2) is 4.79 Å². The second kappa shape index (κ2) is 6.76. The minimum atomic E-state index is -3.74. The molecule has 1 fully saturated rings. The van der Waals surface area contributed by atoms with Crippen molar-refractivity contribution < 1.29 is 27.2 Å². The van der Waals surface area contributed by atoms with Gasteiger partial charge in [0.15, 0.2) is 6.10 Å². The second-order valence-electron chi connectivity index (χ2n) is 5.62. The molecule has 0 aliphatic heterocycles. The molecule has 0 saturated heterocycles. The Labute approximate surface area is 130 Å². The zero-order valence-corrected chi connectivity index (χ0v) is 13.4. The lowest BCUT2D eigenvalue weighted by atomic mass is 10.2. The molecule has 0 spiro atoms. The zero-order chi connectivity index (χ0) is 16.3. The van der Waals surface area contributed by atoms with Gasteiger partial charge in [0.25, 0.3) is 10.1 Å². The van der Waals surface area contributed by atoms with Crippen LogP contribution in [-0.4, -0.2) is 38.8 Å². The Bertz CT molecular complexity index is 622. The van der Waals surface area contributed by atoms with Crippen molar-refractivity contribution >= 4 is 16.1 Å². The maximum atomic E-state index is 12.0. The number of carboxylic acid groups (broad SMARTS) is 1. The van der Waals surface area contributed by atoms with Gasteiger partial charge < -0.3 is 9.84 Å². The highest BCUT2D eigenvalue weighted by Gasteiger charge is 2.39. The van der Waals surface area contributed by atoms with Gasteiger partial charge in [-0.05, 0) is 44.2 Å². The number of aryl methyl sites for hydroxylation is 1. The first-order valence-corrected chi connectivity index (χ1v) is 8.51. The van der Waals surface area contributed by atoms with E-state index in [9.17, 15) is 13.2 Å². The van der Waals surface area contributed by atoms with Crippen molar-refractivity contribution in [3.8, 4) is 0 Å². The summed E-state index contributed by atoms with van der Waals surface area (Å²) in [5.41, 5.74) is 0.978. The predicted molar refractivity (Wildman–Crippen MR) is 79.0 cm³/mol. The molecule has 1 N–H and O–H groups in total. The largest absolute Gasteiger partial charge is 0.479 e. The molecule has 6 nitrogen and oxygen atoms in total. The van der Waals surface area contributed by atoms with E-state index >= 15 is 0 Å². The number of rotatable bonds is 8. The van der Waals surface area contributed by atoms with Gasteiger partial charge in [-0.1, -0.05) is 17.7 Å². The topological polar surface area (TPSA) is 89.9 Å². The lowest BCUT2D eigenvalue weighted by Gasteiger charge is -2.08. The van der Waals surface area contributed by atoms with Crippen LogP contribution in [0.1, 0.15) is 18.9 Å². The highest BCUT2D eigenvalue weighted by atomic mass is 32.2. The molecule has 0 bridgehead atoms. The summed E-state index contributed by atoms with van der Waals surface area (Å²) in [7, 11) is -3.74. The Morgan fingerprint density at radius 3 is 2.45 bits per heavy atom. The fourth-order valence-corrected chi connectivity index (χ4v) is 2.97. The molecule has 0 aromatic heterocycles. The lowest BCUT2D eigenvalue weighted by molar-refractivity contribution is -0.149. The summed E-state index contributed by atoms with van der Waals surface area (Å²) in [5.74, 6) is -0.744. The highest BCUT2D eigenvalue weighted by molar-refractivity contribution is 7.86. The normalized spacial score (nSPS) is 22.3. The first kappa shape index (κ1) is 16.9. The molecule has 0 radical (unpaired) electrons. The molecular weight excluding hydrogens is 308 g/mol. The first-order chi connectivity index (χ1) is 10.3. The summed E-state index contributed by atoms with van der Waals surface area (Å²) in [5, 5.41) is 8.71. The Kier molecular flexibility index (Phi) is 5.20. The van der Waals surface area contributed by atoms with Crippen LogP contribution in [0.2, 0.25) is 0 Å². The van der Waals surface area contributed by atoms with E-state index in [1.165, 1.54) is 19.1 Å². The van der Waals surface area contributed by atoms with Gasteiger partial charge in [-0.2, -0.15) is 8.42 Å². The highest BCUT2D eigenvalue weighted by Crippen LogP contribution is 2.39. The molecule has 1 aromatic rings. The molecule has 0 heterocycles. The number of hydrogen-bond donors (Lipinski definition) is 1. The van der Waals surface area contributed by atoms with E-state index in [0.29, 0.717) is 6.61 Å². The molecular formula is C15H20O6S. The quantitative estimate of drug-likeness (QED) is 0.732. The molecule has 0 amide bonds. The van der Waals surface area contributed by atoms with Crippen molar-refractivity contribution in [2.75, 3.05) is 13.2 Å². The molecule has 3 atom stereocenters. The Hall–Kier alpha value is -1.44. The first-order valence-electron chi connectivity index (χ1n) is 7.10. The van der Waals surface area contributed by atoms with E-state index in [4.69, 9.17) is 14.0 Å². The number of hydrogen-bond acceptors (Lipinski definition) is 5. The van der Waals surface area contributed by atoms with Gasteiger partial charge in [-0.3, -0.25) is 4.18 Å². The van der Waals surface area contributed by atoms with Gasteiger partial charge in [0.05, 0.1) is 18.1 Å². The summed E-state index contributed by atoms with van der Waals surface area (Å²) in [6.45, 7) is 3.76. The van der Waals surface area contributed by atoms with Crippen LogP contribution in [-0.2, 0) is 23.8 Å². The summed E-state index contributed by atoms with van der Waals surface area (Å²) in [4.78, 5) is 10.8. The number of benzene rings is 1. The average molecular weight is 328 g/mol. The summed E-state index contributed by atoms with van der Waals surface area (Å²) >= 11 is 0. The fraction of sp³-hybridized carbons (Fsp3) is 0.533. The third-order valence-electron chi connectivity index (χ3n) is 3.72. The van der Waals surface area contributed by atoms with E-state index < -0.39 is 22.2 Å². The Balaban J connectivity index is 1.77. The Morgan fingerprint density at radius 2 is 1.86 bits per heavy atom. The predicted octanol–water partition coefficient (Wildman–Crippen LogP) is 1.83. The monoisotopic (exact) mass is 328 g/mol. The van der Waals surface area contributed by atoms with E-state index in [0.717, 1.165) is 12.0 Å². The van der Waals surface area contributed by atoms with Crippen LogP contribution < -0.4 is 0 Å². The smallest absolute Gasteiger partial charge is 0.332 e. The van der Waals surface area contributed by atoms with Crippen LogP contribution in [0.5, 0.6) is 0 Å². The van der Waals surface area contributed by atoms with Gasteiger partial charge in [-0.15, -0.1) is 0 Å². The van der Waals surface area contributed by atoms with Crippen LogP contribution in [0, 0.1) is 18.8 Å². The maximum absolute atomic E-state index is 12.0. The Morgan fingerprint density at radius 1 is 1.27 bits per heavy atom. The van der Waals surface area contributed by atoms with Crippen molar-refractivity contribution in [3.63, 3.8) is 0 Å². The molecule has 1 aliphatic rings. The van der Waals surface area contributed by atoms with Gasteiger partial charge >= 0.3 is 5.97 Å². The van der Waals surface area contributed by atoms with E-state index in [1.54, 1.807) is 12.1 Å². The molecule has 1 unspecified atom stereocenters. The van der Waals surface area contributed by atoms with Gasteiger partial charge in [0, 0.05) is 0 Å². The third kappa shape index (κ3) is 4.53. The zero-order valence-electron chi connectivity index (χ0n) is 12.6. The van der Waals surface area contributed by atoms with Crippen LogP contribution in [0.3, 0.4) is 0 Å². The molecule has 1 aliphatic carbocycles. The van der Waals surface area contributed by atoms with Crippen molar-refractivity contribution in [3.05, 3.63) is 29.8 Å². The average Bonchev–Trinajstić information content (AvgIpc) is 3.21. The van der Waals surface area contributed by atoms with Crippen molar-refractivity contribution in [1.29, 1.82) is 0 Å². The van der Waals surface area contributed by atoms with E-state index in [-0.39, 0.29) is 23.3 Å². The van der Waals surface area contributed by atoms with E-state index in [2.05, 4.69) is 0 Å². The standard InChI is InChI=1S/C15H20O6S/c1-10-3-5-14(6-4-10)22(18,19)21-9-13-7-12(13)8-20-11(2)15(16)17/h3-6,11-13H,7-9H2,1-2H3,(H,16,17)/t11?,12-,13+/m0/s1. The number of carboxylic acids is 1. The van der Waals surface area contributed by atoms with Crippen LogP contribution >= 0.6 is 0 Å². The SMILES string of the molecule is Cc1ccc(S(=O)(=O)OC[C@H]2C[C@H]2COC(C)C(=O)O)cc1. The minimum Gasteiger partial charge on any atom is -0.479 e. The molecule has 7 heteroatoms. The van der Waals surface area contributed by atoms with Crippen LogP contribution in [0.25, 0.3) is 0 Å². The number of carbonyl (C=O) groups is 1. The minimum absolute atomic E-state index is 0.0984. The molecule has 1 saturated carbocycles. The van der Waals surface area contributed by atoms with E-state index in [1.807, 2.05) is 6.92 Å². The fourth-order valence-electron chi connectivity index (χ4n) is 2.01. The summed E-state index contributed by atoms with van der Waals surface area (Å²) < 4.78 is 34.3. The van der Waals surface area contributed by atoms with Gasteiger partial charge in [0.2, 0.25) is 0 Å². The third-order valence-corrected chi connectivity index (χ3v) is 5.02. The molecule has 122 valence electrons. The lowest BCUT2D eigenvalue weighted by Crippen LogP contribution is -2.21. The number of aliphatic carboxylic acids is 1. The van der Waals surface area contributed by atoms with Crippen molar-refractivity contribution in [1.82, 2.24) is 0 Å². The van der Waals surface area contributed by atoms with Crippen molar-refractivity contribution in [2.45, 2.75) is 31.3 Å². The second-order valence-corrected chi connectivity index (χ2v) is 7.24.